The molecule has 88 valence electrons. The number of nitrogens with zero attached hydrogens (tertiary/aromatic N) is 1. The molecule has 0 aliphatic heterocycles. The zero-order chi connectivity index (χ0) is 11.1. The van der Waals surface area contributed by atoms with Crippen LogP contribution in [-0.4, -0.2) is 48.7 Å². The highest BCUT2D eigenvalue weighted by atomic mass is 16.3. The number of amides is 1. The Bertz CT molecular complexity index is 193. The minimum absolute atomic E-state index is 0.0807. The number of hydrogen-bond acceptors (Lipinski definition) is 3. The number of aliphatic hydroxyl groups excluding tert-OH is 1. The Morgan fingerprint density at radius 2 is 2.27 bits per heavy atom. The second-order valence-corrected chi connectivity index (χ2v) is 4.19. The topological polar surface area (TPSA) is 52.6 Å². The number of aliphatic hydroxyl groups is 1. The van der Waals surface area contributed by atoms with Crippen molar-refractivity contribution < 1.29 is 9.90 Å². The lowest BCUT2D eigenvalue weighted by Gasteiger charge is -2.26. The summed E-state index contributed by atoms with van der Waals surface area (Å²) in [5, 5.41) is 11.7. The molecule has 0 aromatic rings. The minimum atomic E-state index is 0.0807. The molecule has 0 heterocycles. The molecule has 15 heavy (non-hydrogen) atoms. The van der Waals surface area contributed by atoms with Crippen LogP contribution in [0.25, 0.3) is 0 Å². The van der Waals surface area contributed by atoms with Gasteiger partial charge >= 0.3 is 0 Å². The predicted molar refractivity (Wildman–Crippen MR) is 59.6 cm³/mol. The van der Waals surface area contributed by atoms with Gasteiger partial charge in [-0.05, 0) is 25.3 Å². The summed E-state index contributed by atoms with van der Waals surface area (Å²) < 4.78 is 0. The normalized spacial score (nSPS) is 16.5. The van der Waals surface area contributed by atoms with E-state index in [-0.39, 0.29) is 12.5 Å². The maximum absolute atomic E-state index is 11.5. The van der Waals surface area contributed by atoms with E-state index in [1.807, 2.05) is 11.8 Å². The van der Waals surface area contributed by atoms with Crippen molar-refractivity contribution in [3.63, 3.8) is 0 Å². The van der Waals surface area contributed by atoms with E-state index in [1.165, 1.54) is 19.3 Å². The first kappa shape index (κ1) is 12.5. The molecule has 0 aromatic carbocycles. The first-order valence-corrected chi connectivity index (χ1v) is 5.86. The Hall–Kier alpha value is -0.610. The van der Waals surface area contributed by atoms with Crippen molar-refractivity contribution in [2.45, 2.75) is 26.2 Å². The highest BCUT2D eigenvalue weighted by molar-refractivity contribution is 5.78. The van der Waals surface area contributed by atoms with Gasteiger partial charge in [-0.3, -0.25) is 9.69 Å². The minimum Gasteiger partial charge on any atom is -0.395 e. The van der Waals surface area contributed by atoms with Crippen molar-refractivity contribution in [2.24, 2.45) is 5.92 Å². The van der Waals surface area contributed by atoms with Crippen LogP contribution in [0.5, 0.6) is 0 Å². The van der Waals surface area contributed by atoms with Crippen molar-refractivity contribution in [1.29, 1.82) is 0 Å². The average Bonchev–Trinajstić information content (AvgIpc) is 2.14. The number of carbonyl (C=O) groups is 1. The summed E-state index contributed by atoms with van der Waals surface area (Å²) in [6, 6.07) is 0. The van der Waals surface area contributed by atoms with Crippen molar-refractivity contribution in [3.8, 4) is 0 Å². The van der Waals surface area contributed by atoms with Gasteiger partial charge in [0.25, 0.3) is 0 Å². The molecule has 1 fully saturated rings. The molecule has 1 rings (SSSR count). The van der Waals surface area contributed by atoms with Gasteiger partial charge in [0.1, 0.15) is 0 Å². The molecule has 4 nitrogen and oxygen atoms in total. The molecule has 1 aliphatic rings. The lowest BCUT2D eigenvalue weighted by atomic mass is 9.85. The lowest BCUT2D eigenvalue weighted by molar-refractivity contribution is -0.122. The maximum atomic E-state index is 11.5. The van der Waals surface area contributed by atoms with Crippen LogP contribution in [0.1, 0.15) is 26.2 Å². The molecule has 2 N–H and O–H groups in total. The van der Waals surface area contributed by atoms with Crippen LogP contribution in [-0.2, 0) is 4.79 Å². The van der Waals surface area contributed by atoms with E-state index >= 15 is 0 Å². The standard InChI is InChI=1S/C11H22N2O2/c1-2-13(6-7-14)9-11(15)12-8-10-4-3-5-10/h10,14H,2-9H2,1H3,(H,12,15). The Morgan fingerprint density at radius 1 is 1.53 bits per heavy atom. The van der Waals surface area contributed by atoms with Crippen LogP contribution in [0.15, 0.2) is 0 Å². The molecular formula is C11H22N2O2. The summed E-state index contributed by atoms with van der Waals surface area (Å²) in [5.41, 5.74) is 0. The number of hydrogen-bond donors (Lipinski definition) is 2. The van der Waals surface area contributed by atoms with Gasteiger partial charge in [0, 0.05) is 13.1 Å². The van der Waals surface area contributed by atoms with Crippen LogP contribution in [0.3, 0.4) is 0 Å². The first-order chi connectivity index (χ1) is 7.26. The maximum Gasteiger partial charge on any atom is 0.234 e. The Balaban J connectivity index is 2.09. The van der Waals surface area contributed by atoms with Gasteiger partial charge in [0.2, 0.25) is 5.91 Å². The average molecular weight is 214 g/mol. The van der Waals surface area contributed by atoms with Gasteiger partial charge in [0.05, 0.1) is 13.2 Å². The molecule has 1 aliphatic carbocycles. The number of likely N-dealkylation sites (N-methyl/N-ethyl adjacent to an activating group) is 1. The fraction of sp³-hybridized carbons (Fsp3) is 0.909. The van der Waals surface area contributed by atoms with Crippen molar-refractivity contribution in [2.75, 3.05) is 32.8 Å². The predicted octanol–water partition coefficient (Wildman–Crippen LogP) is 0.217. The molecule has 1 saturated carbocycles. The zero-order valence-corrected chi connectivity index (χ0v) is 9.54. The fourth-order valence-corrected chi connectivity index (χ4v) is 1.70. The van der Waals surface area contributed by atoms with E-state index in [1.54, 1.807) is 0 Å². The molecule has 1 amide bonds. The Morgan fingerprint density at radius 3 is 2.73 bits per heavy atom. The second kappa shape index (κ2) is 6.80. The highest BCUT2D eigenvalue weighted by Crippen LogP contribution is 2.24. The van der Waals surface area contributed by atoms with Gasteiger partial charge < -0.3 is 10.4 Å². The van der Waals surface area contributed by atoms with Crippen molar-refractivity contribution >= 4 is 5.91 Å². The van der Waals surface area contributed by atoms with Gasteiger partial charge in [-0.1, -0.05) is 13.3 Å². The SMILES string of the molecule is CCN(CCO)CC(=O)NCC1CCC1. The van der Waals surface area contributed by atoms with Crippen LogP contribution in [0.4, 0.5) is 0 Å². The monoisotopic (exact) mass is 214 g/mol. The van der Waals surface area contributed by atoms with Crippen LogP contribution < -0.4 is 5.32 Å². The molecule has 0 bridgehead atoms. The van der Waals surface area contributed by atoms with Gasteiger partial charge in [0.15, 0.2) is 0 Å². The van der Waals surface area contributed by atoms with Crippen molar-refractivity contribution in [1.82, 2.24) is 10.2 Å². The Labute approximate surface area is 91.6 Å². The van der Waals surface area contributed by atoms with E-state index in [2.05, 4.69) is 5.32 Å². The number of nitrogens with one attached hydrogen (secondary N) is 1. The van der Waals surface area contributed by atoms with Crippen molar-refractivity contribution in [3.05, 3.63) is 0 Å². The van der Waals surface area contributed by atoms with Crippen LogP contribution in [0, 0.1) is 5.92 Å². The lowest BCUT2D eigenvalue weighted by Crippen LogP contribution is -2.40. The second-order valence-electron chi connectivity index (χ2n) is 4.19. The van der Waals surface area contributed by atoms with E-state index in [4.69, 9.17) is 5.11 Å². The van der Waals surface area contributed by atoms with Gasteiger partial charge in [-0.25, -0.2) is 0 Å². The third-order valence-corrected chi connectivity index (χ3v) is 3.04. The summed E-state index contributed by atoms with van der Waals surface area (Å²) in [6.45, 7) is 4.72. The van der Waals surface area contributed by atoms with Crippen LogP contribution >= 0.6 is 0 Å². The molecule has 0 saturated heterocycles. The summed E-state index contributed by atoms with van der Waals surface area (Å²) in [4.78, 5) is 13.4. The first-order valence-electron chi connectivity index (χ1n) is 5.86. The van der Waals surface area contributed by atoms with Gasteiger partial charge in [-0.15, -0.1) is 0 Å². The van der Waals surface area contributed by atoms with E-state index < -0.39 is 0 Å². The molecular weight excluding hydrogens is 192 g/mol. The number of carbonyl (C=O) groups excluding carboxylic acids is 1. The molecule has 0 spiro atoms. The third-order valence-electron chi connectivity index (χ3n) is 3.04. The summed E-state index contributed by atoms with van der Waals surface area (Å²) in [7, 11) is 0. The molecule has 4 heteroatoms. The Kier molecular flexibility index (Phi) is 5.65. The van der Waals surface area contributed by atoms with E-state index in [9.17, 15) is 4.79 Å². The molecule has 0 unspecified atom stereocenters. The van der Waals surface area contributed by atoms with E-state index in [0.29, 0.717) is 19.0 Å². The van der Waals surface area contributed by atoms with Gasteiger partial charge in [-0.2, -0.15) is 0 Å². The molecule has 0 radical (unpaired) electrons. The quantitative estimate of drug-likeness (QED) is 0.637. The smallest absolute Gasteiger partial charge is 0.234 e. The highest BCUT2D eigenvalue weighted by Gasteiger charge is 2.18. The molecule has 0 aromatic heterocycles. The fourth-order valence-electron chi connectivity index (χ4n) is 1.70. The molecule has 0 atom stereocenters. The zero-order valence-electron chi connectivity index (χ0n) is 9.54. The van der Waals surface area contributed by atoms with Crippen LogP contribution in [0.2, 0.25) is 0 Å². The number of rotatable bonds is 7. The largest absolute Gasteiger partial charge is 0.395 e. The summed E-state index contributed by atoms with van der Waals surface area (Å²) in [5.74, 6) is 0.791. The third kappa shape index (κ3) is 4.62. The summed E-state index contributed by atoms with van der Waals surface area (Å²) in [6.07, 6.45) is 3.83. The summed E-state index contributed by atoms with van der Waals surface area (Å²) >= 11 is 0. The van der Waals surface area contributed by atoms with E-state index in [0.717, 1.165) is 13.1 Å².